The Morgan fingerprint density at radius 3 is 2.57 bits per heavy atom. The van der Waals surface area contributed by atoms with Gasteiger partial charge in [-0.1, -0.05) is 12.1 Å². The quantitative estimate of drug-likeness (QED) is 0.796. The van der Waals surface area contributed by atoms with Gasteiger partial charge in [-0.3, -0.25) is 0 Å². The molecule has 0 radical (unpaired) electrons. The minimum absolute atomic E-state index is 0.146. The molecule has 80 valence electrons. The lowest BCUT2D eigenvalue weighted by Gasteiger charge is -2.19. The van der Waals surface area contributed by atoms with Gasteiger partial charge >= 0.3 is 0 Å². The summed E-state index contributed by atoms with van der Waals surface area (Å²) >= 11 is 0. The zero-order valence-electron chi connectivity index (χ0n) is 9.42. The predicted molar refractivity (Wildman–Crippen MR) is 55.1 cm³/mol. The maximum absolute atomic E-state index is 5.07. The Hall–Kier alpha value is -0.900. The van der Waals surface area contributed by atoms with Crippen molar-refractivity contribution in [3.63, 3.8) is 0 Å². The number of hydrogen-bond donors (Lipinski definition) is 1. The van der Waals surface area contributed by atoms with Crippen LogP contribution in [0.2, 0.25) is 0 Å². The highest BCUT2D eigenvalue weighted by atomic mass is 16.5. The normalized spacial score (nSPS) is 12.0. The molecule has 1 aromatic heterocycles. The van der Waals surface area contributed by atoms with E-state index in [9.17, 15) is 0 Å². The fourth-order valence-electron chi connectivity index (χ4n) is 1.08. The SMILES string of the molecule is CCc1noc(CCNC(C)(C)C)n1. The van der Waals surface area contributed by atoms with Crippen LogP contribution in [0.4, 0.5) is 0 Å². The van der Waals surface area contributed by atoms with Gasteiger partial charge in [0.15, 0.2) is 5.82 Å². The second-order valence-corrected chi connectivity index (χ2v) is 4.38. The molecule has 4 nitrogen and oxygen atoms in total. The van der Waals surface area contributed by atoms with E-state index in [4.69, 9.17) is 4.52 Å². The van der Waals surface area contributed by atoms with Crippen molar-refractivity contribution < 1.29 is 4.52 Å². The van der Waals surface area contributed by atoms with Crippen LogP contribution in [0.3, 0.4) is 0 Å². The molecule has 0 aromatic carbocycles. The molecule has 0 saturated heterocycles. The van der Waals surface area contributed by atoms with Crippen molar-refractivity contribution in [1.29, 1.82) is 0 Å². The lowest BCUT2D eigenvalue weighted by Crippen LogP contribution is -2.37. The molecule has 0 spiro atoms. The molecule has 14 heavy (non-hydrogen) atoms. The summed E-state index contributed by atoms with van der Waals surface area (Å²) in [6, 6.07) is 0. The number of nitrogens with zero attached hydrogens (tertiary/aromatic N) is 2. The van der Waals surface area contributed by atoms with Crippen molar-refractivity contribution in [2.75, 3.05) is 6.54 Å². The Bertz CT molecular complexity index is 275. The van der Waals surface area contributed by atoms with Gasteiger partial charge in [0, 0.05) is 24.9 Å². The topological polar surface area (TPSA) is 51.0 Å². The van der Waals surface area contributed by atoms with Gasteiger partial charge in [0.25, 0.3) is 0 Å². The lowest BCUT2D eigenvalue weighted by atomic mass is 10.1. The molecule has 0 aliphatic heterocycles. The van der Waals surface area contributed by atoms with Crippen LogP contribution in [0.25, 0.3) is 0 Å². The number of aryl methyl sites for hydroxylation is 1. The zero-order chi connectivity index (χ0) is 10.6. The van der Waals surface area contributed by atoms with Crippen molar-refractivity contribution >= 4 is 0 Å². The van der Waals surface area contributed by atoms with E-state index in [2.05, 4.69) is 36.2 Å². The van der Waals surface area contributed by atoms with Gasteiger partial charge in [0.1, 0.15) is 0 Å². The van der Waals surface area contributed by atoms with Crippen LogP contribution in [-0.4, -0.2) is 22.2 Å². The van der Waals surface area contributed by atoms with Crippen molar-refractivity contribution in [2.45, 2.75) is 46.1 Å². The Balaban J connectivity index is 2.31. The Kier molecular flexibility index (Phi) is 3.63. The molecule has 0 amide bonds. The first-order valence-corrected chi connectivity index (χ1v) is 5.08. The second kappa shape index (κ2) is 4.55. The van der Waals surface area contributed by atoms with Crippen LogP contribution < -0.4 is 5.32 Å². The van der Waals surface area contributed by atoms with Gasteiger partial charge in [0.05, 0.1) is 0 Å². The van der Waals surface area contributed by atoms with E-state index in [0.717, 1.165) is 31.1 Å². The molecule has 1 aromatic rings. The zero-order valence-corrected chi connectivity index (χ0v) is 9.42. The van der Waals surface area contributed by atoms with E-state index in [1.165, 1.54) is 0 Å². The molecule has 0 fully saturated rings. The standard InChI is InChI=1S/C10H19N3O/c1-5-8-12-9(14-13-8)6-7-11-10(2,3)4/h11H,5-7H2,1-4H3. The van der Waals surface area contributed by atoms with Gasteiger partial charge in [-0.25, -0.2) is 0 Å². The number of rotatable bonds is 4. The van der Waals surface area contributed by atoms with Gasteiger partial charge in [0.2, 0.25) is 5.89 Å². The summed E-state index contributed by atoms with van der Waals surface area (Å²) in [5, 5.41) is 7.21. The fourth-order valence-corrected chi connectivity index (χ4v) is 1.08. The largest absolute Gasteiger partial charge is 0.339 e. The smallest absolute Gasteiger partial charge is 0.227 e. The Labute approximate surface area is 85.1 Å². The monoisotopic (exact) mass is 197 g/mol. The summed E-state index contributed by atoms with van der Waals surface area (Å²) in [7, 11) is 0. The first-order chi connectivity index (χ1) is 6.51. The van der Waals surface area contributed by atoms with E-state index in [1.54, 1.807) is 0 Å². The summed E-state index contributed by atoms with van der Waals surface area (Å²) in [6.45, 7) is 9.30. The first-order valence-electron chi connectivity index (χ1n) is 5.08. The third kappa shape index (κ3) is 3.87. The highest BCUT2D eigenvalue weighted by molar-refractivity contribution is 4.86. The minimum Gasteiger partial charge on any atom is -0.339 e. The number of nitrogens with one attached hydrogen (secondary N) is 1. The van der Waals surface area contributed by atoms with Crippen LogP contribution in [-0.2, 0) is 12.8 Å². The van der Waals surface area contributed by atoms with Crippen molar-refractivity contribution in [2.24, 2.45) is 0 Å². The van der Waals surface area contributed by atoms with E-state index in [1.807, 2.05) is 6.92 Å². The third-order valence-electron chi connectivity index (χ3n) is 1.82. The van der Waals surface area contributed by atoms with Crippen LogP contribution in [0.15, 0.2) is 4.52 Å². The highest BCUT2D eigenvalue weighted by Crippen LogP contribution is 2.01. The van der Waals surface area contributed by atoms with Crippen LogP contribution in [0.1, 0.15) is 39.4 Å². The van der Waals surface area contributed by atoms with Gasteiger partial charge < -0.3 is 9.84 Å². The average molecular weight is 197 g/mol. The third-order valence-corrected chi connectivity index (χ3v) is 1.82. The molecular formula is C10H19N3O. The summed E-state index contributed by atoms with van der Waals surface area (Å²) in [6.07, 6.45) is 1.63. The van der Waals surface area contributed by atoms with Crippen LogP contribution >= 0.6 is 0 Å². The molecular weight excluding hydrogens is 178 g/mol. The van der Waals surface area contributed by atoms with E-state index >= 15 is 0 Å². The number of aromatic nitrogens is 2. The van der Waals surface area contributed by atoms with E-state index in [0.29, 0.717) is 0 Å². The van der Waals surface area contributed by atoms with Gasteiger partial charge in [-0.05, 0) is 20.8 Å². The summed E-state index contributed by atoms with van der Waals surface area (Å²) in [5.74, 6) is 1.51. The predicted octanol–water partition coefficient (Wildman–Crippen LogP) is 1.56. The van der Waals surface area contributed by atoms with Gasteiger partial charge in [-0.15, -0.1) is 0 Å². The van der Waals surface area contributed by atoms with E-state index < -0.39 is 0 Å². The number of hydrogen-bond acceptors (Lipinski definition) is 4. The molecule has 1 heterocycles. The van der Waals surface area contributed by atoms with Crippen molar-refractivity contribution in [3.8, 4) is 0 Å². The second-order valence-electron chi connectivity index (χ2n) is 4.38. The summed E-state index contributed by atoms with van der Waals surface area (Å²) in [5.41, 5.74) is 0.146. The lowest BCUT2D eigenvalue weighted by molar-refractivity contribution is 0.358. The molecule has 0 saturated carbocycles. The van der Waals surface area contributed by atoms with Crippen molar-refractivity contribution in [1.82, 2.24) is 15.5 Å². The molecule has 0 unspecified atom stereocenters. The molecule has 0 bridgehead atoms. The summed E-state index contributed by atoms with van der Waals surface area (Å²) < 4.78 is 5.07. The fraction of sp³-hybridized carbons (Fsp3) is 0.800. The average Bonchev–Trinajstić information content (AvgIpc) is 2.50. The first kappa shape index (κ1) is 11.2. The molecule has 1 rings (SSSR count). The van der Waals surface area contributed by atoms with Crippen LogP contribution in [0.5, 0.6) is 0 Å². The maximum atomic E-state index is 5.07. The van der Waals surface area contributed by atoms with Gasteiger partial charge in [-0.2, -0.15) is 4.98 Å². The molecule has 4 heteroatoms. The Morgan fingerprint density at radius 2 is 2.07 bits per heavy atom. The van der Waals surface area contributed by atoms with E-state index in [-0.39, 0.29) is 5.54 Å². The molecule has 0 aliphatic rings. The molecule has 1 N–H and O–H groups in total. The van der Waals surface area contributed by atoms with Crippen molar-refractivity contribution in [3.05, 3.63) is 11.7 Å². The summed E-state index contributed by atoms with van der Waals surface area (Å²) in [4.78, 5) is 4.23. The highest BCUT2D eigenvalue weighted by Gasteiger charge is 2.09. The molecule has 0 aliphatic carbocycles. The maximum Gasteiger partial charge on any atom is 0.227 e. The Morgan fingerprint density at radius 1 is 1.36 bits per heavy atom. The minimum atomic E-state index is 0.146. The van der Waals surface area contributed by atoms with Crippen LogP contribution in [0, 0.1) is 0 Å². The molecule has 0 atom stereocenters.